The topological polar surface area (TPSA) is 108 Å². The first-order valence-electron chi connectivity index (χ1n) is 19.5. The van der Waals surface area contributed by atoms with Crippen molar-refractivity contribution in [3.05, 3.63) is 155 Å². The van der Waals surface area contributed by atoms with Gasteiger partial charge in [0.05, 0.1) is 44.7 Å². The van der Waals surface area contributed by atoms with E-state index < -0.39 is 24.1 Å². The van der Waals surface area contributed by atoms with Crippen LogP contribution in [0.25, 0.3) is 11.0 Å². The Labute approximate surface area is 338 Å². The Morgan fingerprint density at radius 1 is 0.807 bits per heavy atom. The van der Waals surface area contributed by atoms with E-state index in [9.17, 15) is 5.11 Å². The standard InChI is InChI=1S/C46H47ClN4O6/c1-31-22-23-39(53-2)38(24-31)51(36-20-12-13-21-36)44-41-37(49-45(47)50-44)25-35(26-48-41)46(52)43(56-29-34-18-10-5-11-19-34)42(55-28-33-16-8-4-9-17-33)40(57-46)30-54-27-32-14-6-3-7-15-32/h3-11,14-19,22-26,36,40,42-43,52H,12-13,20-21,27-30H2,1-2H3/t40-,42-,43-,46?/m1/s1. The van der Waals surface area contributed by atoms with Crippen molar-refractivity contribution in [1.82, 2.24) is 15.0 Å². The summed E-state index contributed by atoms with van der Waals surface area (Å²) < 4.78 is 32.1. The van der Waals surface area contributed by atoms with Crippen LogP contribution in [0.5, 0.6) is 5.75 Å². The van der Waals surface area contributed by atoms with Crippen LogP contribution in [0.2, 0.25) is 5.28 Å². The summed E-state index contributed by atoms with van der Waals surface area (Å²) in [6.45, 7) is 3.02. The zero-order valence-electron chi connectivity index (χ0n) is 32.2. The molecule has 8 rings (SSSR count). The third-order valence-electron chi connectivity index (χ3n) is 10.7. The van der Waals surface area contributed by atoms with Crippen LogP contribution >= 0.6 is 11.6 Å². The fraction of sp³-hybridized carbons (Fsp3) is 0.326. The minimum Gasteiger partial charge on any atom is -0.495 e. The lowest BCUT2D eigenvalue weighted by molar-refractivity contribution is -0.253. The molecule has 3 heterocycles. The molecule has 2 aliphatic rings. The number of aliphatic hydroxyl groups is 1. The summed E-state index contributed by atoms with van der Waals surface area (Å²) in [5.74, 6) is -0.721. The lowest BCUT2D eigenvalue weighted by atomic mass is 9.98. The summed E-state index contributed by atoms with van der Waals surface area (Å²) in [5.41, 5.74) is 6.21. The molecule has 57 heavy (non-hydrogen) atoms. The van der Waals surface area contributed by atoms with Crippen molar-refractivity contribution < 1.29 is 28.8 Å². The number of hydrogen-bond acceptors (Lipinski definition) is 10. The second-order valence-corrected chi connectivity index (χ2v) is 15.1. The van der Waals surface area contributed by atoms with Crippen LogP contribution in [-0.2, 0) is 44.6 Å². The molecule has 1 unspecified atom stereocenters. The molecule has 294 valence electrons. The quantitative estimate of drug-likeness (QED) is 0.101. The molecule has 1 N–H and O–H groups in total. The fourth-order valence-electron chi connectivity index (χ4n) is 7.91. The minimum atomic E-state index is -2.01. The van der Waals surface area contributed by atoms with Gasteiger partial charge in [0.25, 0.3) is 0 Å². The number of rotatable bonds is 15. The van der Waals surface area contributed by atoms with E-state index in [-0.39, 0.29) is 31.1 Å². The smallest absolute Gasteiger partial charge is 0.225 e. The first kappa shape index (κ1) is 38.9. The van der Waals surface area contributed by atoms with Crippen LogP contribution < -0.4 is 9.64 Å². The first-order valence-corrected chi connectivity index (χ1v) is 19.9. The van der Waals surface area contributed by atoms with E-state index in [2.05, 4.69) is 22.9 Å². The monoisotopic (exact) mass is 786 g/mol. The molecular formula is C46H47ClN4O6. The normalized spacial score (nSPS) is 20.9. The first-order chi connectivity index (χ1) is 27.9. The van der Waals surface area contributed by atoms with Crippen LogP contribution in [0.1, 0.15) is 53.5 Å². The van der Waals surface area contributed by atoms with Crippen molar-refractivity contribution in [3.63, 3.8) is 0 Å². The second kappa shape index (κ2) is 17.7. The van der Waals surface area contributed by atoms with Gasteiger partial charge in [-0.15, -0.1) is 0 Å². The van der Waals surface area contributed by atoms with Gasteiger partial charge in [-0.05, 0) is 71.8 Å². The number of fused-ring (bicyclic) bond motifs is 1. The van der Waals surface area contributed by atoms with Gasteiger partial charge < -0.3 is 33.7 Å². The summed E-state index contributed by atoms with van der Waals surface area (Å²) >= 11 is 6.75. The van der Waals surface area contributed by atoms with Crippen LogP contribution in [0.4, 0.5) is 11.5 Å². The van der Waals surface area contributed by atoms with Crippen LogP contribution in [0.15, 0.2) is 121 Å². The van der Waals surface area contributed by atoms with Crippen molar-refractivity contribution >= 4 is 34.1 Å². The Balaban J connectivity index is 1.19. The lowest BCUT2D eigenvalue weighted by Crippen LogP contribution is -2.44. The molecule has 2 aromatic heterocycles. The van der Waals surface area contributed by atoms with E-state index in [1.807, 2.05) is 103 Å². The Kier molecular flexibility index (Phi) is 12.1. The van der Waals surface area contributed by atoms with Crippen molar-refractivity contribution in [1.29, 1.82) is 0 Å². The van der Waals surface area contributed by atoms with Crippen LogP contribution in [0, 0.1) is 6.92 Å². The van der Waals surface area contributed by atoms with Gasteiger partial charge >= 0.3 is 0 Å². The summed E-state index contributed by atoms with van der Waals surface area (Å²) in [6.07, 6.45) is 3.33. The molecule has 1 saturated heterocycles. The average Bonchev–Trinajstić information content (AvgIpc) is 3.86. The van der Waals surface area contributed by atoms with Crippen LogP contribution in [-0.4, -0.2) is 58.1 Å². The molecule has 0 radical (unpaired) electrons. The third-order valence-corrected chi connectivity index (χ3v) is 10.9. The van der Waals surface area contributed by atoms with Gasteiger partial charge in [0.2, 0.25) is 11.1 Å². The van der Waals surface area contributed by atoms with Gasteiger partial charge in [0.1, 0.15) is 29.6 Å². The number of aryl methyl sites for hydroxylation is 1. The summed E-state index contributed by atoms with van der Waals surface area (Å²) in [7, 11) is 1.67. The number of ether oxygens (including phenoxy) is 5. The van der Waals surface area contributed by atoms with Gasteiger partial charge in [-0.2, -0.15) is 4.98 Å². The molecule has 4 atom stereocenters. The number of anilines is 2. The molecule has 0 bridgehead atoms. The third kappa shape index (κ3) is 8.67. The molecule has 0 spiro atoms. The SMILES string of the molecule is COc1ccc(C)cc1N(c1nc(Cl)nc2cc(C3(O)O[C@H](COCc4ccccc4)[C@@H](OCc4ccccc4)[C@H]3OCc3ccccc3)cnc12)C1CCCC1. The van der Waals surface area contributed by atoms with E-state index in [0.29, 0.717) is 29.0 Å². The van der Waals surface area contributed by atoms with Crippen LogP contribution in [0.3, 0.4) is 0 Å². The number of hydrogen-bond donors (Lipinski definition) is 1. The number of pyridine rings is 1. The summed E-state index contributed by atoms with van der Waals surface area (Å²) in [6, 6.07) is 37.7. The highest BCUT2D eigenvalue weighted by atomic mass is 35.5. The molecular weight excluding hydrogens is 740 g/mol. The molecule has 11 heteroatoms. The maximum absolute atomic E-state index is 12.9. The predicted octanol–water partition coefficient (Wildman–Crippen LogP) is 9.01. The number of methoxy groups -OCH3 is 1. The van der Waals surface area contributed by atoms with E-state index in [4.69, 9.17) is 45.3 Å². The second-order valence-electron chi connectivity index (χ2n) is 14.7. The molecule has 1 saturated carbocycles. The zero-order chi connectivity index (χ0) is 39.2. The molecule has 6 aromatic rings. The fourth-order valence-corrected chi connectivity index (χ4v) is 8.09. The number of benzene rings is 4. The largest absolute Gasteiger partial charge is 0.495 e. The Hall–Kier alpha value is -4.94. The maximum Gasteiger partial charge on any atom is 0.225 e. The van der Waals surface area contributed by atoms with E-state index in [0.717, 1.165) is 59.4 Å². The number of halogens is 1. The molecule has 10 nitrogen and oxygen atoms in total. The summed E-state index contributed by atoms with van der Waals surface area (Å²) in [5, 5.41) is 12.9. The summed E-state index contributed by atoms with van der Waals surface area (Å²) in [4.78, 5) is 16.6. The Morgan fingerprint density at radius 3 is 2.09 bits per heavy atom. The average molecular weight is 787 g/mol. The van der Waals surface area contributed by atoms with E-state index in [1.165, 1.54) is 0 Å². The Morgan fingerprint density at radius 2 is 1.44 bits per heavy atom. The van der Waals surface area contributed by atoms with Crippen molar-refractivity contribution in [2.45, 2.75) is 82.6 Å². The number of aromatic nitrogens is 3. The maximum atomic E-state index is 12.9. The predicted molar refractivity (Wildman–Crippen MR) is 219 cm³/mol. The van der Waals surface area contributed by atoms with Crippen molar-refractivity contribution in [3.8, 4) is 5.75 Å². The Bertz CT molecular complexity index is 2250. The number of nitrogens with zero attached hydrogens (tertiary/aromatic N) is 4. The van der Waals surface area contributed by atoms with Gasteiger partial charge in [-0.25, -0.2) is 4.98 Å². The molecule has 0 amide bonds. The van der Waals surface area contributed by atoms with E-state index in [1.54, 1.807) is 19.4 Å². The highest BCUT2D eigenvalue weighted by Gasteiger charge is 2.57. The molecule has 1 aliphatic heterocycles. The molecule has 1 aliphatic carbocycles. The lowest BCUT2D eigenvalue weighted by Gasteiger charge is -2.33. The molecule has 4 aromatic carbocycles. The van der Waals surface area contributed by atoms with Crippen molar-refractivity contribution in [2.75, 3.05) is 18.6 Å². The minimum absolute atomic E-state index is 0.0542. The highest BCUT2D eigenvalue weighted by molar-refractivity contribution is 6.28. The van der Waals surface area contributed by atoms with Crippen molar-refractivity contribution in [2.24, 2.45) is 0 Å². The van der Waals surface area contributed by atoms with E-state index >= 15 is 0 Å². The van der Waals surface area contributed by atoms with Gasteiger partial charge in [0.15, 0.2) is 5.82 Å². The van der Waals surface area contributed by atoms with Gasteiger partial charge in [0, 0.05) is 17.8 Å². The zero-order valence-corrected chi connectivity index (χ0v) is 32.9. The van der Waals surface area contributed by atoms with Gasteiger partial charge in [-0.3, -0.25) is 4.98 Å². The highest BCUT2D eigenvalue weighted by Crippen LogP contribution is 2.45. The van der Waals surface area contributed by atoms with Gasteiger partial charge in [-0.1, -0.05) is 110 Å². The molecule has 2 fully saturated rings.